The number of amides is 1. The number of esters is 1. The van der Waals surface area contributed by atoms with Crippen LogP contribution in [0.4, 0.5) is 0 Å². The first kappa shape index (κ1) is 16.6. The molecule has 1 amide bonds. The lowest BCUT2D eigenvalue weighted by atomic mass is 10.3. The van der Waals surface area contributed by atoms with Crippen LogP contribution >= 0.6 is 0 Å². The van der Waals surface area contributed by atoms with Crippen molar-refractivity contribution in [2.24, 2.45) is 0 Å². The molecule has 0 aliphatic rings. The Kier molecular flexibility index (Phi) is 9.90. The molecule has 0 rings (SSSR count). The number of carbonyl (C=O) groups is 2. The summed E-state index contributed by atoms with van der Waals surface area (Å²) >= 11 is 0. The van der Waals surface area contributed by atoms with Crippen LogP contribution in [0.1, 0.15) is 6.42 Å². The maximum Gasteiger partial charge on any atom is 0.306 e. The number of methoxy groups -OCH3 is 2. The average molecular weight is 258 g/mol. The van der Waals surface area contributed by atoms with Crippen molar-refractivity contribution >= 4 is 11.9 Å². The SMILES string of the molecule is C=CCNC(=O)CN(CCOC)CCC(=O)OC. The first-order valence-electron chi connectivity index (χ1n) is 5.79. The second-order valence-corrected chi connectivity index (χ2v) is 3.69. The molecule has 0 aromatic heterocycles. The van der Waals surface area contributed by atoms with E-state index in [1.54, 1.807) is 13.2 Å². The molecule has 0 aliphatic carbocycles. The monoisotopic (exact) mass is 258 g/mol. The van der Waals surface area contributed by atoms with Gasteiger partial charge < -0.3 is 14.8 Å². The Bertz CT molecular complexity index is 269. The molecule has 0 radical (unpaired) electrons. The second-order valence-electron chi connectivity index (χ2n) is 3.69. The van der Waals surface area contributed by atoms with Gasteiger partial charge >= 0.3 is 5.97 Å². The molecule has 6 heteroatoms. The topological polar surface area (TPSA) is 67.9 Å². The third-order valence-corrected chi connectivity index (χ3v) is 2.28. The second kappa shape index (κ2) is 10.7. The number of nitrogens with one attached hydrogen (secondary N) is 1. The van der Waals surface area contributed by atoms with Gasteiger partial charge in [-0.15, -0.1) is 6.58 Å². The number of carbonyl (C=O) groups excluding carboxylic acids is 2. The molecule has 1 N–H and O–H groups in total. The van der Waals surface area contributed by atoms with Gasteiger partial charge in [0.15, 0.2) is 0 Å². The van der Waals surface area contributed by atoms with Gasteiger partial charge in [-0.25, -0.2) is 0 Å². The van der Waals surface area contributed by atoms with Crippen LogP contribution in [-0.4, -0.2) is 63.8 Å². The lowest BCUT2D eigenvalue weighted by Crippen LogP contribution is -2.39. The lowest BCUT2D eigenvalue weighted by molar-refractivity contribution is -0.141. The van der Waals surface area contributed by atoms with Gasteiger partial charge in [0.1, 0.15) is 0 Å². The van der Waals surface area contributed by atoms with Gasteiger partial charge in [-0.05, 0) is 0 Å². The maximum atomic E-state index is 11.5. The minimum Gasteiger partial charge on any atom is -0.469 e. The highest BCUT2D eigenvalue weighted by atomic mass is 16.5. The van der Waals surface area contributed by atoms with Gasteiger partial charge in [-0.1, -0.05) is 6.08 Å². The lowest BCUT2D eigenvalue weighted by Gasteiger charge is -2.20. The molecule has 104 valence electrons. The van der Waals surface area contributed by atoms with Gasteiger partial charge in [0.25, 0.3) is 0 Å². The summed E-state index contributed by atoms with van der Waals surface area (Å²) in [4.78, 5) is 24.4. The number of nitrogens with zero attached hydrogens (tertiary/aromatic N) is 1. The van der Waals surface area contributed by atoms with Crippen LogP contribution in [-0.2, 0) is 19.1 Å². The molecule has 0 saturated heterocycles. The molecule has 0 fully saturated rings. The molecular weight excluding hydrogens is 236 g/mol. The summed E-state index contributed by atoms with van der Waals surface area (Å²) in [5, 5.41) is 2.69. The van der Waals surface area contributed by atoms with Crippen LogP contribution < -0.4 is 5.32 Å². The highest BCUT2D eigenvalue weighted by Gasteiger charge is 2.12. The molecule has 18 heavy (non-hydrogen) atoms. The van der Waals surface area contributed by atoms with Gasteiger partial charge in [0.2, 0.25) is 5.91 Å². The summed E-state index contributed by atoms with van der Waals surface area (Å²) in [5.74, 6) is -0.389. The number of hydrogen-bond acceptors (Lipinski definition) is 5. The van der Waals surface area contributed by atoms with Gasteiger partial charge in [-0.3, -0.25) is 14.5 Å². The number of ether oxygens (including phenoxy) is 2. The van der Waals surface area contributed by atoms with Crippen LogP contribution in [0.25, 0.3) is 0 Å². The number of rotatable bonds is 10. The first-order valence-corrected chi connectivity index (χ1v) is 5.79. The summed E-state index contributed by atoms with van der Waals surface area (Å²) in [5.41, 5.74) is 0. The minimum atomic E-state index is -0.288. The minimum absolute atomic E-state index is 0.101. The first-order chi connectivity index (χ1) is 8.63. The van der Waals surface area contributed by atoms with Crippen molar-refractivity contribution in [2.45, 2.75) is 6.42 Å². The molecule has 0 heterocycles. The fraction of sp³-hybridized carbons (Fsp3) is 0.667. The van der Waals surface area contributed by atoms with E-state index in [1.165, 1.54) is 7.11 Å². The van der Waals surface area contributed by atoms with E-state index in [2.05, 4.69) is 16.6 Å². The maximum absolute atomic E-state index is 11.5. The van der Waals surface area contributed by atoms with Crippen LogP contribution in [0.3, 0.4) is 0 Å². The normalized spacial score (nSPS) is 10.2. The van der Waals surface area contributed by atoms with E-state index in [0.29, 0.717) is 26.2 Å². The van der Waals surface area contributed by atoms with Crippen molar-refractivity contribution in [2.75, 3.05) is 47.0 Å². The fourth-order valence-corrected chi connectivity index (χ4v) is 1.29. The van der Waals surface area contributed by atoms with Crippen molar-refractivity contribution in [3.63, 3.8) is 0 Å². The van der Waals surface area contributed by atoms with E-state index in [4.69, 9.17) is 4.74 Å². The summed E-state index contributed by atoms with van der Waals surface area (Å²) < 4.78 is 9.53. The van der Waals surface area contributed by atoms with Crippen LogP contribution in [0.2, 0.25) is 0 Å². The van der Waals surface area contributed by atoms with Crippen molar-refractivity contribution in [3.8, 4) is 0 Å². The molecule has 0 bridgehead atoms. The van der Waals surface area contributed by atoms with Crippen molar-refractivity contribution in [1.82, 2.24) is 10.2 Å². The zero-order chi connectivity index (χ0) is 13.8. The van der Waals surface area contributed by atoms with E-state index in [9.17, 15) is 9.59 Å². The Morgan fingerprint density at radius 2 is 2.06 bits per heavy atom. The Hall–Kier alpha value is -1.40. The van der Waals surface area contributed by atoms with Crippen LogP contribution in [0.15, 0.2) is 12.7 Å². The molecule has 6 nitrogen and oxygen atoms in total. The van der Waals surface area contributed by atoms with E-state index in [0.717, 1.165) is 0 Å². The predicted molar refractivity (Wildman–Crippen MR) is 68.2 cm³/mol. The molecule has 0 unspecified atom stereocenters. The summed E-state index contributed by atoms with van der Waals surface area (Å²) in [6.45, 7) is 5.76. The van der Waals surface area contributed by atoms with Crippen LogP contribution in [0.5, 0.6) is 0 Å². The zero-order valence-corrected chi connectivity index (χ0v) is 11.1. The van der Waals surface area contributed by atoms with Crippen molar-refractivity contribution < 1.29 is 19.1 Å². The van der Waals surface area contributed by atoms with E-state index >= 15 is 0 Å². The summed E-state index contributed by atoms with van der Waals surface area (Å²) in [6.07, 6.45) is 1.88. The van der Waals surface area contributed by atoms with E-state index in [1.807, 2.05) is 4.90 Å². The summed E-state index contributed by atoms with van der Waals surface area (Å²) in [6, 6.07) is 0. The Morgan fingerprint density at radius 3 is 2.61 bits per heavy atom. The third-order valence-electron chi connectivity index (χ3n) is 2.28. The van der Waals surface area contributed by atoms with Gasteiger partial charge in [-0.2, -0.15) is 0 Å². The van der Waals surface area contributed by atoms with Gasteiger partial charge in [0.05, 0.1) is 26.7 Å². The van der Waals surface area contributed by atoms with E-state index in [-0.39, 0.29) is 24.8 Å². The van der Waals surface area contributed by atoms with Crippen molar-refractivity contribution in [3.05, 3.63) is 12.7 Å². The summed E-state index contributed by atoms with van der Waals surface area (Å²) in [7, 11) is 2.94. The number of hydrogen-bond donors (Lipinski definition) is 1. The molecule has 0 spiro atoms. The zero-order valence-electron chi connectivity index (χ0n) is 11.1. The molecule has 0 aromatic rings. The Labute approximate surface area is 108 Å². The molecule has 0 saturated carbocycles. The highest BCUT2D eigenvalue weighted by Crippen LogP contribution is 1.94. The smallest absolute Gasteiger partial charge is 0.306 e. The third kappa shape index (κ3) is 8.72. The Morgan fingerprint density at radius 1 is 1.33 bits per heavy atom. The highest BCUT2D eigenvalue weighted by molar-refractivity contribution is 5.78. The van der Waals surface area contributed by atoms with Crippen LogP contribution in [0, 0.1) is 0 Å². The molecule has 0 aliphatic heterocycles. The Balaban J connectivity index is 4.07. The molecule has 0 aromatic carbocycles. The quantitative estimate of drug-likeness (QED) is 0.434. The molecular formula is C12H22N2O4. The molecule has 0 atom stereocenters. The largest absolute Gasteiger partial charge is 0.469 e. The fourth-order valence-electron chi connectivity index (χ4n) is 1.29. The van der Waals surface area contributed by atoms with Gasteiger partial charge in [0, 0.05) is 26.7 Å². The van der Waals surface area contributed by atoms with Crippen molar-refractivity contribution in [1.29, 1.82) is 0 Å². The predicted octanol–water partition coefficient (Wildman–Crippen LogP) is -0.200. The average Bonchev–Trinajstić information content (AvgIpc) is 2.38. The standard InChI is InChI=1S/C12H22N2O4/c1-4-6-13-11(15)10-14(8-9-17-2)7-5-12(16)18-3/h4H,1,5-10H2,2-3H3,(H,13,15). The van der Waals surface area contributed by atoms with E-state index < -0.39 is 0 Å².